The first-order valence-corrected chi connectivity index (χ1v) is 5.90. The molecule has 4 heteroatoms. The largest absolute Gasteiger partial charge is 0.363 e. The summed E-state index contributed by atoms with van der Waals surface area (Å²) in [5.74, 6) is -0.274. The predicted molar refractivity (Wildman–Crippen MR) is 65.3 cm³/mol. The summed E-state index contributed by atoms with van der Waals surface area (Å²) >= 11 is 0. The third-order valence-electron chi connectivity index (χ3n) is 3.22. The van der Waals surface area contributed by atoms with Crippen molar-refractivity contribution < 1.29 is 8.78 Å². The minimum Gasteiger partial charge on any atom is -0.363 e. The number of hydrogen-bond acceptors (Lipinski definition) is 2. The van der Waals surface area contributed by atoms with E-state index >= 15 is 0 Å². The molecular weight excluding hydrogens is 234 g/mol. The predicted octanol–water partition coefficient (Wildman–Crippen LogP) is 3.46. The van der Waals surface area contributed by atoms with E-state index in [-0.39, 0.29) is 11.9 Å². The molecule has 3 rings (SSSR count). The van der Waals surface area contributed by atoms with E-state index in [2.05, 4.69) is 10.3 Å². The monoisotopic (exact) mass is 246 g/mol. The van der Waals surface area contributed by atoms with Crippen molar-refractivity contribution in [1.29, 1.82) is 0 Å². The molecule has 0 amide bonds. The van der Waals surface area contributed by atoms with Crippen LogP contribution in [-0.4, -0.2) is 4.98 Å². The van der Waals surface area contributed by atoms with Crippen LogP contribution in [0.4, 0.5) is 14.6 Å². The Hall–Kier alpha value is -1.97. The van der Waals surface area contributed by atoms with Crippen LogP contribution in [-0.2, 0) is 6.42 Å². The maximum absolute atomic E-state index is 13.2. The lowest BCUT2D eigenvalue weighted by molar-refractivity contribution is 0.583. The van der Waals surface area contributed by atoms with Gasteiger partial charge in [0.1, 0.15) is 11.6 Å². The molecule has 0 spiro atoms. The van der Waals surface area contributed by atoms with Gasteiger partial charge < -0.3 is 5.32 Å². The van der Waals surface area contributed by atoms with Crippen molar-refractivity contribution in [3.8, 4) is 0 Å². The van der Waals surface area contributed by atoms with Gasteiger partial charge in [-0.05, 0) is 48.2 Å². The quantitative estimate of drug-likeness (QED) is 0.821. The van der Waals surface area contributed by atoms with Gasteiger partial charge in [0.05, 0.1) is 6.04 Å². The van der Waals surface area contributed by atoms with E-state index in [4.69, 9.17) is 0 Å². The van der Waals surface area contributed by atoms with E-state index < -0.39 is 5.95 Å². The molecule has 18 heavy (non-hydrogen) atoms. The Balaban J connectivity index is 1.86. The van der Waals surface area contributed by atoms with Crippen LogP contribution < -0.4 is 5.32 Å². The van der Waals surface area contributed by atoms with Crippen molar-refractivity contribution in [2.24, 2.45) is 0 Å². The minimum absolute atomic E-state index is 0.00463. The van der Waals surface area contributed by atoms with E-state index in [1.54, 1.807) is 18.2 Å². The first-order valence-electron chi connectivity index (χ1n) is 5.90. The number of pyridine rings is 1. The molecule has 0 saturated heterocycles. The van der Waals surface area contributed by atoms with Crippen LogP contribution in [0.1, 0.15) is 23.6 Å². The van der Waals surface area contributed by atoms with Crippen molar-refractivity contribution in [3.05, 3.63) is 59.3 Å². The number of anilines is 1. The van der Waals surface area contributed by atoms with Crippen molar-refractivity contribution in [2.75, 3.05) is 5.32 Å². The zero-order valence-electron chi connectivity index (χ0n) is 9.66. The Labute approximate surface area is 104 Å². The molecule has 1 unspecified atom stereocenters. The summed E-state index contributed by atoms with van der Waals surface area (Å²) in [6, 6.07) is 9.44. The number of rotatable bonds is 2. The first-order chi connectivity index (χ1) is 8.72. The van der Waals surface area contributed by atoms with Crippen LogP contribution in [0.5, 0.6) is 0 Å². The molecule has 0 radical (unpaired) electrons. The number of hydrogen-bond donors (Lipinski definition) is 1. The number of aryl methyl sites for hydroxylation is 1. The van der Waals surface area contributed by atoms with Crippen LogP contribution in [0, 0.1) is 11.8 Å². The molecule has 1 heterocycles. The van der Waals surface area contributed by atoms with E-state index in [1.165, 1.54) is 12.1 Å². The summed E-state index contributed by atoms with van der Waals surface area (Å²) in [4.78, 5) is 3.76. The molecule has 0 bridgehead atoms. The van der Waals surface area contributed by atoms with Gasteiger partial charge in [-0.3, -0.25) is 0 Å². The lowest BCUT2D eigenvalue weighted by Gasteiger charge is -2.14. The Kier molecular flexibility index (Phi) is 2.70. The third-order valence-corrected chi connectivity index (χ3v) is 3.22. The smallest absolute Gasteiger partial charge is 0.214 e. The average Bonchev–Trinajstić information content (AvgIpc) is 2.72. The normalized spacial score (nSPS) is 17.6. The second-order valence-electron chi connectivity index (χ2n) is 4.42. The molecule has 0 fully saturated rings. The fourth-order valence-electron chi connectivity index (χ4n) is 2.39. The number of nitrogens with one attached hydrogen (secondary N) is 1. The van der Waals surface area contributed by atoms with E-state index in [0.29, 0.717) is 5.82 Å². The lowest BCUT2D eigenvalue weighted by atomic mass is 10.1. The zero-order chi connectivity index (χ0) is 12.5. The van der Waals surface area contributed by atoms with Gasteiger partial charge >= 0.3 is 0 Å². The van der Waals surface area contributed by atoms with Gasteiger partial charge in [0, 0.05) is 0 Å². The van der Waals surface area contributed by atoms with Crippen LogP contribution in [0.25, 0.3) is 0 Å². The van der Waals surface area contributed by atoms with Gasteiger partial charge in [-0.2, -0.15) is 4.39 Å². The molecule has 0 aliphatic heterocycles. The fourth-order valence-corrected chi connectivity index (χ4v) is 2.39. The van der Waals surface area contributed by atoms with E-state index in [9.17, 15) is 8.78 Å². The Bertz CT molecular complexity index is 584. The molecule has 1 aliphatic rings. The summed E-state index contributed by atoms with van der Waals surface area (Å²) in [6.07, 6.45) is 1.78. The number of fused-ring (bicyclic) bond motifs is 1. The molecule has 2 nitrogen and oxygen atoms in total. The van der Waals surface area contributed by atoms with Crippen LogP contribution in [0.3, 0.4) is 0 Å². The summed E-state index contributed by atoms with van der Waals surface area (Å²) in [5.41, 5.74) is 2.09. The molecule has 1 aromatic heterocycles. The molecule has 1 N–H and O–H groups in total. The Morgan fingerprint density at radius 3 is 2.89 bits per heavy atom. The van der Waals surface area contributed by atoms with Gasteiger partial charge in [-0.15, -0.1) is 0 Å². The van der Waals surface area contributed by atoms with Gasteiger partial charge in [0.2, 0.25) is 5.95 Å². The average molecular weight is 246 g/mol. The maximum Gasteiger partial charge on any atom is 0.214 e. The van der Waals surface area contributed by atoms with Crippen molar-refractivity contribution in [3.63, 3.8) is 0 Å². The van der Waals surface area contributed by atoms with Crippen molar-refractivity contribution in [2.45, 2.75) is 18.9 Å². The first kappa shape index (κ1) is 11.1. The number of nitrogens with zero attached hydrogens (tertiary/aromatic N) is 1. The summed E-state index contributed by atoms with van der Waals surface area (Å²) in [6.45, 7) is 0. The van der Waals surface area contributed by atoms with Crippen LogP contribution in [0.2, 0.25) is 0 Å². The van der Waals surface area contributed by atoms with E-state index in [1.807, 2.05) is 6.07 Å². The SMILES string of the molecule is Fc1ccc2c(c1)C(Nc1cccc(F)n1)CC2. The molecule has 1 atom stereocenters. The minimum atomic E-state index is -0.516. The molecule has 1 aromatic carbocycles. The Morgan fingerprint density at radius 2 is 2.06 bits per heavy atom. The molecular formula is C14H12F2N2. The second-order valence-corrected chi connectivity index (χ2v) is 4.42. The number of aromatic nitrogens is 1. The van der Waals surface area contributed by atoms with Gasteiger partial charge in [0.15, 0.2) is 0 Å². The second kappa shape index (κ2) is 4.37. The van der Waals surface area contributed by atoms with E-state index in [0.717, 1.165) is 24.0 Å². The fraction of sp³-hybridized carbons (Fsp3) is 0.214. The van der Waals surface area contributed by atoms with Crippen molar-refractivity contribution in [1.82, 2.24) is 4.98 Å². The summed E-state index contributed by atoms with van der Waals surface area (Å²) < 4.78 is 26.2. The standard InChI is InChI=1S/C14H12F2N2/c15-10-6-4-9-5-7-12(11(9)8-10)17-14-3-1-2-13(16)18-14/h1-4,6,8,12H,5,7H2,(H,17,18). The van der Waals surface area contributed by atoms with Gasteiger partial charge in [-0.1, -0.05) is 12.1 Å². The number of benzene rings is 1. The lowest BCUT2D eigenvalue weighted by Crippen LogP contribution is -2.09. The topological polar surface area (TPSA) is 24.9 Å². The summed E-state index contributed by atoms with van der Waals surface area (Å²) in [7, 11) is 0. The van der Waals surface area contributed by atoms with Gasteiger partial charge in [-0.25, -0.2) is 9.37 Å². The van der Waals surface area contributed by atoms with Crippen LogP contribution in [0.15, 0.2) is 36.4 Å². The molecule has 92 valence electrons. The maximum atomic E-state index is 13.2. The highest BCUT2D eigenvalue weighted by Gasteiger charge is 2.23. The van der Waals surface area contributed by atoms with Crippen molar-refractivity contribution >= 4 is 5.82 Å². The van der Waals surface area contributed by atoms with Crippen LogP contribution >= 0.6 is 0 Å². The highest BCUT2D eigenvalue weighted by molar-refractivity contribution is 5.43. The molecule has 2 aromatic rings. The number of halogens is 2. The highest BCUT2D eigenvalue weighted by atomic mass is 19.1. The zero-order valence-corrected chi connectivity index (χ0v) is 9.66. The molecule has 0 saturated carbocycles. The Morgan fingerprint density at radius 1 is 1.17 bits per heavy atom. The highest BCUT2D eigenvalue weighted by Crippen LogP contribution is 2.33. The third kappa shape index (κ3) is 2.06. The summed E-state index contributed by atoms with van der Waals surface area (Å²) in [5, 5.41) is 3.15. The molecule has 1 aliphatic carbocycles. The van der Waals surface area contributed by atoms with Gasteiger partial charge in [0.25, 0.3) is 0 Å².